The first kappa shape index (κ1) is 11.5. The number of hydrogen-bond donors (Lipinski definition) is 1. The summed E-state index contributed by atoms with van der Waals surface area (Å²) in [7, 11) is 0. The molecule has 18 heavy (non-hydrogen) atoms. The van der Waals surface area contributed by atoms with Crippen LogP contribution in [0.4, 0.5) is 5.69 Å². The van der Waals surface area contributed by atoms with Crippen molar-refractivity contribution in [3.8, 4) is 5.69 Å². The molecule has 3 aromatic rings. The van der Waals surface area contributed by atoms with E-state index in [4.69, 9.17) is 5.73 Å². The minimum Gasteiger partial charge on any atom is -0.399 e. The molecule has 0 saturated heterocycles. The molecule has 5 heteroatoms. The standard InChI is InChI=1S/C13H9BrN2OS/c14-10-7-8(15)5-6-11(10)16-13(17)9-3-1-2-4-12(9)18-16/h1-7H,15H2. The van der Waals surface area contributed by atoms with Crippen molar-refractivity contribution in [3.05, 3.63) is 57.3 Å². The quantitative estimate of drug-likeness (QED) is 0.698. The largest absolute Gasteiger partial charge is 0.399 e. The first-order valence-corrected chi connectivity index (χ1v) is 6.90. The number of fused-ring (bicyclic) bond motifs is 1. The van der Waals surface area contributed by atoms with Crippen LogP contribution in [-0.4, -0.2) is 3.96 Å². The number of nitrogen functional groups attached to an aromatic ring is 1. The van der Waals surface area contributed by atoms with Gasteiger partial charge in [0.05, 0.1) is 15.8 Å². The summed E-state index contributed by atoms with van der Waals surface area (Å²) in [6.45, 7) is 0. The molecule has 0 atom stereocenters. The average molecular weight is 321 g/mol. The van der Waals surface area contributed by atoms with Crippen LogP contribution in [0.5, 0.6) is 0 Å². The van der Waals surface area contributed by atoms with E-state index in [1.54, 1.807) is 16.1 Å². The molecule has 0 saturated carbocycles. The molecule has 0 unspecified atom stereocenters. The van der Waals surface area contributed by atoms with Gasteiger partial charge in [0.1, 0.15) is 0 Å². The summed E-state index contributed by atoms with van der Waals surface area (Å²) < 4.78 is 3.47. The van der Waals surface area contributed by atoms with E-state index in [9.17, 15) is 4.79 Å². The first-order valence-electron chi connectivity index (χ1n) is 5.33. The summed E-state index contributed by atoms with van der Waals surface area (Å²) in [6.07, 6.45) is 0. The minimum atomic E-state index is 0.000992. The lowest BCUT2D eigenvalue weighted by atomic mass is 10.2. The molecule has 3 nitrogen and oxygen atoms in total. The van der Waals surface area contributed by atoms with Crippen molar-refractivity contribution >= 4 is 43.2 Å². The smallest absolute Gasteiger partial charge is 0.273 e. The SMILES string of the molecule is Nc1ccc(-n2sc3ccccc3c2=O)c(Br)c1. The highest BCUT2D eigenvalue weighted by atomic mass is 79.9. The Morgan fingerprint density at radius 1 is 1.17 bits per heavy atom. The molecule has 0 aliphatic carbocycles. The fourth-order valence-electron chi connectivity index (χ4n) is 1.82. The van der Waals surface area contributed by atoms with E-state index in [2.05, 4.69) is 15.9 Å². The second-order valence-electron chi connectivity index (χ2n) is 3.90. The van der Waals surface area contributed by atoms with Crippen molar-refractivity contribution in [2.45, 2.75) is 0 Å². The molecule has 0 amide bonds. The van der Waals surface area contributed by atoms with E-state index in [0.29, 0.717) is 5.69 Å². The summed E-state index contributed by atoms with van der Waals surface area (Å²) in [6, 6.07) is 13.0. The van der Waals surface area contributed by atoms with Crippen LogP contribution in [0.3, 0.4) is 0 Å². The Labute approximate surface area is 116 Å². The maximum atomic E-state index is 12.3. The molecule has 0 fully saturated rings. The number of aromatic nitrogens is 1. The molecule has 0 spiro atoms. The molecule has 1 aromatic heterocycles. The van der Waals surface area contributed by atoms with Crippen molar-refractivity contribution in [1.82, 2.24) is 3.96 Å². The van der Waals surface area contributed by atoms with Crippen LogP contribution in [-0.2, 0) is 0 Å². The second-order valence-corrected chi connectivity index (χ2v) is 5.74. The molecule has 90 valence electrons. The van der Waals surface area contributed by atoms with Crippen molar-refractivity contribution in [2.24, 2.45) is 0 Å². The van der Waals surface area contributed by atoms with Gasteiger partial charge in [-0.15, -0.1) is 0 Å². The lowest BCUT2D eigenvalue weighted by Gasteiger charge is -2.04. The second kappa shape index (κ2) is 4.26. The van der Waals surface area contributed by atoms with Gasteiger partial charge in [-0.25, -0.2) is 3.96 Å². The van der Waals surface area contributed by atoms with E-state index >= 15 is 0 Å². The summed E-state index contributed by atoms with van der Waals surface area (Å²) >= 11 is 4.87. The van der Waals surface area contributed by atoms with Gasteiger partial charge < -0.3 is 5.73 Å². The number of hydrogen-bond acceptors (Lipinski definition) is 3. The molecule has 0 bridgehead atoms. The highest BCUT2D eigenvalue weighted by Gasteiger charge is 2.10. The average Bonchev–Trinajstić information content (AvgIpc) is 2.68. The molecular formula is C13H9BrN2OS. The van der Waals surface area contributed by atoms with Crippen LogP contribution in [0.2, 0.25) is 0 Å². The summed E-state index contributed by atoms with van der Waals surface area (Å²) in [4.78, 5) is 12.3. The molecule has 1 heterocycles. The maximum absolute atomic E-state index is 12.3. The van der Waals surface area contributed by atoms with Crippen LogP contribution >= 0.6 is 27.5 Å². The van der Waals surface area contributed by atoms with Crippen molar-refractivity contribution < 1.29 is 0 Å². The lowest BCUT2D eigenvalue weighted by Crippen LogP contribution is -2.11. The molecule has 2 aromatic carbocycles. The van der Waals surface area contributed by atoms with Crippen LogP contribution in [0, 0.1) is 0 Å². The first-order chi connectivity index (χ1) is 8.66. The van der Waals surface area contributed by atoms with Gasteiger partial charge in [0, 0.05) is 10.2 Å². The molecular weight excluding hydrogens is 312 g/mol. The van der Waals surface area contributed by atoms with Crippen LogP contribution in [0.25, 0.3) is 15.8 Å². The van der Waals surface area contributed by atoms with E-state index in [-0.39, 0.29) is 5.56 Å². The van der Waals surface area contributed by atoms with Crippen LogP contribution in [0.15, 0.2) is 51.7 Å². The Hall–Kier alpha value is -1.59. The third-order valence-electron chi connectivity index (χ3n) is 2.68. The number of nitrogens with two attached hydrogens (primary N) is 1. The number of nitrogens with zero attached hydrogens (tertiary/aromatic N) is 1. The van der Waals surface area contributed by atoms with Crippen molar-refractivity contribution in [3.63, 3.8) is 0 Å². The summed E-state index contributed by atoms with van der Waals surface area (Å²) in [5, 5.41) is 0.742. The fourth-order valence-corrected chi connectivity index (χ4v) is 3.54. The monoisotopic (exact) mass is 320 g/mol. The predicted octanol–water partition coefficient (Wildman–Crippen LogP) is 3.40. The zero-order valence-corrected chi connectivity index (χ0v) is 11.7. The van der Waals surface area contributed by atoms with Gasteiger partial charge in [-0.2, -0.15) is 0 Å². The van der Waals surface area contributed by atoms with E-state index < -0.39 is 0 Å². The zero-order chi connectivity index (χ0) is 12.7. The highest BCUT2D eigenvalue weighted by Crippen LogP contribution is 2.26. The zero-order valence-electron chi connectivity index (χ0n) is 9.26. The van der Waals surface area contributed by atoms with E-state index in [1.807, 2.05) is 30.3 Å². The van der Waals surface area contributed by atoms with Crippen LogP contribution < -0.4 is 11.3 Å². The topological polar surface area (TPSA) is 48.0 Å². The molecule has 0 aliphatic rings. The minimum absolute atomic E-state index is 0.000992. The Morgan fingerprint density at radius 3 is 2.67 bits per heavy atom. The lowest BCUT2D eigenvalue weighted by molar-refractivity contribution is 1.13. The Balaban J connectivity index is 2.32. The van der Waals surface area contributed by atoms with Gasteiger partial charge >= 0.3 is 0 Å². The third-order valence-corrected chi connectivity index (χ3v) is 4.42. The molecule has 0 aliphatic heterocycles. The maximum Gasteiger partial charge on any atom is 0.273 e. The van der Waals surface area contributed by atoms with Gasteiger partial charge in [-0.3, -0.25) is 4.79 Å². The van der Waals surface area contributed by atoms with Gasteiger partial charge in [0.2, 0.25) is 0 Å². The van der Waals surface area contributed by atoms with Gasteiger partial charge in [-0.05, 0) is 46.3 Å². The van der Waals surface area contributed by atoms with Crippen molar-refractivity contribution in [2.75, 3.05) is 5.73 Å². The Morgan fingerprint density at radius 2 is 1.94 bits per heavy atom. The van der Waals surface area contributed by atoms with Crippen LogP contribution in [0.1, 0.15) is 0 Å². The van der Waals surface area contributed by atoms with Gasteiger partial charge in [0.15, 0.2) is 0 Å². The highest BCUT2D eigenvalue weighted by molar-refractivity contribution is 9.10. The normalized spacial score (nSPS) is 10.9. The van der Waals surface area contributed by atoms with Crippen molar-refractivity contribution in [1.29, 1.82) is 0 Å². The van der Waals surface area contributed by atoms with Gasteiger partial charge in [-0.1, -0.05) is 23.7 Å². The molecule has 3 rings (SSSR count). The number of rotatable bonds is 1. The number of halogens is 1. The summed E-state index contributed by atoms with van der Waals surface area (Å²) in [5.74, 6) is 0. The molecule has 2 N–H and O–H groups in total. The fraction of sp³-hybridized carbons (Fsp3) is 0. The number of benzene rings is 2. The van der Waals surface area contributed by atoms with E-state index in [0.717, 1.165) is 20.2 Å². The van der Waals surface area contributed by atoms with Gasteiger partial charge in [0.25, 0.3) is 5.56 Å². The third kappa shape index (κ3) is 1.76. The molecule has 0 radical (unpaired) electrons. The predicted molar refractivity (Wildman–Crippen MR) is 79.5 cm³/mol. The number of anilines is 1. The Kier molecular flexibility index (Phi) is 2.72. The van der Waals surface area contributed by atoms with E-state index in [1.165, 1.54) is 11.5 Å². The summed E-state index contributed by atoms with van der Waals surface area (Å²) in [5.41, 5.74) is 7.19. The Bertz CT molecular complexity index is 791.